The third-order valence-corrected chi connectivity index (χ3v) is 3.49. The molecule has 0 bridgehead atoms. The minimum atomic E-state index is -0.224. The smallest absolute Gasteiger partial charge is 0.166 e. The summed E-state index contributed by atoms with van der Waals surface area (Å²) in [5, 5.41) is 28.2. The monoisotopic (exact) mass is 316 g/mol. The van der Waals surface area contributed by atoms with Crippen LogP contribution in [0.2, 0.25) is 0 Å². The quantitative estimate of drug-likeness (QED) is 0.714. The van der Waals surface area contributed by atoms with Crippen LogP contribution in [0.3, 0.4) is 0 Å². The molecule has 0 fully saturated rings. The molecule has 0 amide bonds. The molecule has 0 unspecified atom stereocenters. The molecule has 0 aliphatic carbocycles. The molecule has 0 radical (unpaired) electrons. The molecule has 0 aliphatic heterocycles. The zero-order valence-corrected chi connectivity index (χ0v) is 13.1. The van der Waals surface area contributed by atoms with Crippen molar-refractivity contribution in [1.29, 1.82) is 0 Å². The lowest BCUT2D eigenvalue weighted by molar-refractivity contribution is 0.270. The van der Waals surface area contributed by atoms with Crippen LogP contribution >= 0.6 is 0 Å². The third-order valence-electron chi connectivity index (χ3n) is 3.49. The minimum absolute atomic E-state index is 0.0679. The highest BCUT2D eigenvalue weighted by Crippen LogP contribution is 2.33. The van der Waals surface area contributed by atoms with Crippen LogP contribution in [-0.2, 0) is 13.2 Å². The number of aliphatic hydroxyl groups excluding tert-OH is 2. The van der Waals surface area contributed by atoms with Crippen molar-refractivity contribution in [2.24, 2.45) is 0 Å². The predicted molar refractivity (Wildman–Crippen MR) is 88.4 cm³/mol. The van der Waals surface area contributed by atoms with Gasteiger partial charge >= 0.3 is 0 Å². The summed E-state index contributed by atoms with van der Waals surface area (Å²) in [4.78, 5) is 0. The molecule has 0 aliphatic rings. The van der Waals surface area contributed by atoms with Crippen LogP contribution in [0.4, 0.5) is 0 Å². The second-order valence-corrected chi connectivity index (χ2v) is 4.95. The zero-order chi connectivity index (χ0) is 16.8. The van der Waals surface area contributed by atoms with E-state index in [-0.39, 0.29) is 19.0 Å². The van der Waals surface area contributed by atoms with Crippen molar-refractivity contribution in [3.8, 4) is 17.2 Å². The first kappa shape index (κ1) is 16.9. The van der Waals surface area contributed by atoms with Crippen molar-refractivity contribution in [3.63, 3.8) is 0 Å². The van der Waals surface area contributed by atoms with Gasteiger partial charge in [0, 0.05) is 11.1 Å². The normalized spacial score (nSPS) is 11.0. The van der Waals surface area contributed by atoms with Crippen molar-refractivity contribution in [1.82, 2.24) is 0 Å². The van der Waals surface area contributed by atoms with Gasteiger partial charge in [-0.25, -0.2) is 0 Å². The molecule has 5 heteroatoms. The summed E-state index contributed by atoms with van der Waals surface area (Å²) in [6.07, 6.45) is 3.70. The van der Waals surface area contributed by atoms with Gasteiger partial charge in [0.15, 0.2) is 11.5 Å². The summed E-state index contributed by atoms with van der Waals surface area (Å²) in [6, 6.07) is 8.62. The SMILES string of the molecule is COc1cc(/C=C\c2ccc(O)c(CO)c2)cc(CO)c1OC. The van der Waals surface area contributed by atoms with E-state index in [1.807, 2.05) is 24.3 Å². The minimum Gasteiger partial charge on any atom is -0.508 e. The Bertz CT molecular complexity index is 682. The topological polar surface area (TPSA) is 79.2 Å². The highest BCUT2D eigenvalue weighted by atomic mass is 16.5. The molecule has 2 rings (SSSR count). The number of aromatic hydroxyl groups is 1. The van der Waals surface area contributed by atoms with Gasteiger partial charge in [-0.3, -0.25) is 0 Å². The van der Waals surface area contributed by atoms with Gasteiger partial charge in [-0.05, 0) is 35.4 Å². The van der Waals surface area contributed by atoms with E-state index >= 15 is 0 Å². The summed E-state index contributed by atoms with van der Waals surface area (Å²) in [5.41, 5.74) is 2.78. The van der Waals surface area contributed by atoms with Gasteiger partial charge in [-0.2, -0.15) is 0 Å². The average Bonchev–Trinajstić information content (AvgIpc) is 2.59. The third kappa shape index (κ3) is 3.83. The first-order chi connectivity index (χ1) is 11.1. The van der Waals surface area contributed by atoms with E-state index in [0.717, 1.165) is 11.1 Å². The van der Waals surface area contributed by atoms with E-state index < -0.39 is 0 Å². The molecular formula is C18H20O5. The van der Waals surface area contributed by atoms with E-state index in [2.05, 4.69) is 0 Å². The lowest BCUT2D eigenvalue weighted by atomic mass is 10.1. The molecule has 0 spiro atoms. The van der Waals surface area contributed by atoms with Gasteiger partial charge in [-0.15, -0.1) is 0 Å². The number of methoxy groups -OCH3 is 2. The number of hydrogen-bond donors (Lipinski definition) is 3. The van der Waals surface area contributed by atoms with Crippen LogP contribution in [0, 0.1) is 0 Å². The molecule has 3 N–H and O–H groups in total. The van der Waals surface area contributed by atoms with E-state index in [0.29, 0.717) is 22.6 Å². The maximum Gasteiger partial charge on any atom is 0.166 e. The van der Waals surface area contributed by atoms with Crippen molar-refractivity contribution >= 4 is 12.2 Å². The molecular weight excluding hydrogens is 296 g/mol. The summed E-state index contributed by atoms with van der Waals surface area (Å²) < 4.78 is 10.5. The van der Waals surface area contributed by atoms with Gasteiger partial charge in [-0.1, -0.05) is 18.2 Å². The molecule has 0 atom stereocenters. The maximum absolute atomic E-state index is 9.57. The van der Waals surface area contributed by atoms with Gasteiger partial charge in [0.05, 0.1) is 27.4 Å². The van der Waals surface area contributed by atoms with Crippen molar-refractivity contribution in [2.45, 2.75) is 13.2 Å². The molecule has 5 nitrogen and oxygen atoms in total. The Morgan fingerprint density at radius 1 is 0.870 bits per heavy atom. The van der Waals surface area contributed by atoms with E-state index in [1.54, 1.807) is 25.3 Å². The van der Waals surface area contributed by atoms with Crippen LogP contribution in [0.25, 0.3) is 12.2 Å². The van der Waals surface area contributed by atoms with Crippen LogP contribution < -0.4 is 9.47 Å². The van der Waals surface area contributed by atoms with Crippen molar-refractivity contribution < 1.29 is 24.8 Å². The zero-order valence-electron chi connectivity index (χ0n) is 13.1. The number of aliphatic hydroxyl groups is 2. The standard InChI is InChI=1S/C18H20O5/c1-22-17-9-13(8-15(11-20)18(17)23-2)4-3-12-5-6-16(21)14(7-12)10-19/h3-9,19-21H,10-11H2,1-2H3/b4-3-. The van der Waals surface area contributed by atoms with E-state index in [9.17, 15) is 15.3 Å². The van der Waals surface area contributed by atoms with Gasteiger partial charge in [0.1, 0.15) is 5.75 Å². The second kappa shape index (κ2) is 7.67. The van der Waals surface area contributed by atoms with Crippen molar-refractivity contribution in [3.05, 3.63) is 52.6 Å². The fraction of sp³-hybridized carbons (Fsp3) is 0.222. The maximum atomic E-state index is 9.57. The molecule has 2 aromatic rings. The summed E-state index contributed by atoms with van der Waals surface area (Å²) in [6.45, 7) is -0.381. The first-order valence-electron chi connectivity index (χ1n) is 7.09. The molecule has 0 aromatic heterocycles. The molecule has 0 heterocycles. The largest absolute Gasteiger partial charge is 0.508 e. The van der Waals surface area contributed by atoms with Gasteiger partial charge < -0.3 is 24.8 Å². The number of phenols is 1. The van der Waals surface area contributed by atoms with Crippen LogP contribution in [0.1, 0.15) is 22.3 Å². The molecule has 23 heavy (non-hydrogen) atoms. The Labute approximate surface area is 135 Å². The van der Waals surface area contributed by atoms with E-state index in [1.165, 1.54) is 7.11 Å². The fourth-order valence-corrected chi connectivity index (χ4v) is 2.31. The molecule has 122 valence electrons. The molecule has 2 aromatic carbocycles. The van der Waals surface area contributed by atoms with Crippen LogP contribution in [-0.4, -0.2) is 29.5 Å². The Morgan fingerprint density at radius 3 is 2.13 bits per heavy atom. The second-order valence-electron chi connectivity index (χ2n) is 4.95. The van der Waals surface area contributed by atoms with Gasteiger partial charge in [0.2, 0.25) is 0 Å². The highest BCUT2D eigenvalue weighted by molar-refractivity contribution is 5.72. The number of rotatable bonds is 6. The fourth-order valence-electron chi connectivity index (χ4n) is 2.31. The summed E-state index contributed by atoms with van der Waals surface area (Å²) in [5.74, 6) is 1.12. The number of benzene rings is 2. The Hall–Kier alpha value is -2.50. The number of hydrogen-bond acceptors (Lipinski definition) is 5. The predicted octanol–water partition coefficient (Wildman–Crippen LogP) is 2.56. The Morgan fingerprint density at radius 2 is 1.52 bits per heavy atom. The Kier molecular flexibility index (Phi) is 5.62. The first-order valence-corrected chi connectivity index (χ1v) is 7.09. The highest BCUT2D eigenvalue weighted by Gasteiger charge is 2.10. The van der Waals surface area contributed by atoms with Crippen molar-refractivity contribution in [2.75, 3.05) is 14.2 Å². The van der Waals surface area contributed by atoms with Crippen LogP contribution in [0.5, 0.6) is 17.2 Å². The van der Waals surface area contributed by atoms with Crippen LogP contribution in [0.15, 0.2) is 30.3 Å². The Balaban J connectivity index is 2.35. The summed E-state index contributed by atoms with van der Waals surface area (Å²) >= 11 is 0. The average molecular weight is 316 g/mol. The molecule has 0 saturated heterocycles. The lowest BCUT2D eigenvalue weighted by Crippen LogP contribution is -1.97. The van der Waals surface area contributed by atoms with E-state index in [4.69, 9.17) is 9.47 Å². The lowest BCUT2D eigenvalue weighted by Gasteiger charge is -2.12. The van der Waals surface area contributed by atoms with Gasteiger partial charge in [0.25, 0.3) is 0 Å². The molecule has 0 saturated carbocycles. The number of ether oxygens (including phenoxy) is 2. The summed E-state index contributed by atoms with van der Waals surface area (Å²) in [7, 11) is 3.07.